The van der Waals surface area contributed by atoms with Crippen molar-refractivity contribution < 1.29 is 14.6 Å². The Morgan fingerprint density at radius 3 is 2.48 bits per heavy atom. The summed E-state index contributed by atoms with van der Waals surface area (Å²) >= 11 is 0. The molecule has 2 aromatic rings. The normalized spacial score (nSPS) is 22.1. The van der Waals surface area contributed by atoms with Gasteiger partial charge in [-0.25, -0.2) is 4.98 Å². The summed E-state index contributed by atoms with van der Waals surface area (Å²) in [7, 11) is 3.41. The summed E-state index contributed by atoms with van der Waals surface area (Å²) in [6.45, 7) is 1.41. The van der Waals surface area contributed by atoms with Crippen molar-refractivity contribution in [2.24, 2.45) is 0 Å². The van der Waals surface area contributed by atoms with E-state index in [1.54, 1.807) is 14.2 Å². The highest BCUT2D eigenvalue weighted by Gasteiger charge is 2.34. The molecule has 1 aromatic carbocycles. The van der Waals surface area contributed by atoms with Crippen molar-refractivity contribution in [2.75, 3.05) is 32.2 Å². The Balaban J connectivity index is 2.03. The number of pyridine rings is 1. The van der Waals surface area contributed by atoms with Gasteiger partial charge in [-0.3, -0.25) is 0 Å². The Kier molecular flexibility index (Phi) is 4.05. The number of anilines is 1. The molecule has 0 radical (unpaired) electrons. The van der Waals surface area contributed by atoms with Crippen LogP contribution >= 0.6 is 0 Å². The Morgan fingerprint density at radius 1 is 1.19 bits per heavy atom. The number of ether oxygens (including phenoxy) is 2. The van der Waals surface area contributed by atoms with Gasteiger partial charge in [-0.2, -0.15) is 0 Å². The molecule has 1 aliphatic heterocycles. The molecule has 5 nitrogen and oxygen atoms in total. The minimum absolute atomic E-state index is 0.0355. The molecule has 1 aromatic heterocycles. The first-order chi connectivity index (χ1) is 10.3. The maximum Gasteiger partial charge on any atom is 0.137 e. The zero-order chi connectivity index (χ0) is 14.8. The first kappa shape index (κ1) is 14.3. The molecule has 112 valence electrons. The number of aromatic nitrogens is 1. The number of benzene rings is 1. The third-order valence-electron chi connectivity index (χ3n) is 4.06. The van der Waals surface area contributed by atoms with Crippen LogP contribution in [0.2, 0.25) is 0 Å². The molecule has 0 saturated carbocycles. The standard InChI is InChI=1S/C16H20N2O3/c1-20-14-8-18(9-15(14)21-2)16-13-6-4-3-5-11(13)7-12(10-19)17-16/h3-7,14-15,19H,8-10H2,1-2H3. The number of nitrogens with zero attached hydrogens (tertiary/aromatic N) is 2. The van der Waals surface area contributed by atoms with Gasteiger partial charge in [0.25, 0.3) is 0 Å². The van der Waals surface area contributed by atoms with Crippen molar-refractivity contribution in [3.05, 3.63) is 36.0 Å². The summed E-state index contributed by atoms with van der Waals surface area (Å²) < 4.78 is 11.0. The van der Waals surface area contributed by atoms with Gasteiger partial charge in [0.2, 0.25) is 0 Å². The number of methoxy groups -OCH3 is 2. The van der Waals surface area contributed by atoms with Crippen LogP contribution in [0.3, 0.4) is 0 Å². The van der Waals surface area contributed by atoms with Crippen LogP contribution < -0.4 is 4.90 Å². The van der Waals surface area contributed by atoms with Crippen LogP contribution in [0.1, 0.15) is 5.69 Å². The first-order valence-corrected chi connectivity index (χ1v) is 7.07. The molecule has 1 fully saturated rings. The van der Waals surface area contributed by atoms with E-state index in [-0.39, 0.29) is 18.8 Å². The van der Waals surface area contributed by atoms with Crippen molar-refractivity contribution in [3.63, 3.8) is 0 Å². The number of hydrogen-bond acceptors (Lipinski definition) is 5. The number of fused-ring (bicyclic) bond motifs is 1. The van der Waals surface area contributed by atoms with E-state index in [0.29, 0.717) is 5.69 Å². The van der Waals surface area contributed by atoms with Crippen LogP contribution in [0, 0.1) is 0 Å². The van der Waals surface area contributed by atoms with Crippen molar-refractivity contribution in [1.82, 2.24) is 4.98 Å². The average molecular weight is 288 g/mol. The third kappa shape index (κ3) is 2.60. The second-order valence-corrected chi connectivity index (χ2v) is 5.27. The molecule has 0 aliphatic carbocycles. The molecule has 21 heavy (non-hydrogen) atoms. The summed E-state index contributed by atoms with van der Waals surface area (Å²) in [5, 5.41) is 11.6. The predicted molar refractivity (Wildman–Crippen MR) is 81.5 cm³/mol. The monoisotopic (exact) mass is 288 g/mol. The van der Waals surface area contributed by atoms with Crippen LogP contribution in [-0.2, 0) is 16.1 Å². The highest BCUT2D eigenvalue weighted by atomic mass is 16.5. The Labute approximate surface area is 124 Å². The quantitative estimate of drug-likeness (QED) is 0.925. The molecule has 1 saturated heterocycles. The molecule has 0 spiro atoms. The summed E-state index contributed by atoms with van der Waals surface area (Å²) in [6.07, 6.45) is 0.0710. The van der Waals surface area contributed by atoms with Gasteiger partial charge in [-0.1, -0.05) is 24.3 Å². The molecule has 3 rings (SSSR count). The zero-order valence-corrected chi connectivity index (χ0v) is 12.3. The smallest absolute Gasteiger partial charge is 0.137 e. The highest BCUT2D eigenvalue weighted by molar-refractivity contribution is 5.92. The van der Waals surface area contributed by atoms with Crippen molar-refractivity contribution >= 4 is 16.6 Å². The Hall–Kier alpha value is -1.69. The first-order valence-electron chi connectivity index (χ1n) is 7.07. The number of aliphatic hydroxyl groups is 1. The van der Waals surface area contributed by atoms with E-state index in [2.05, 4.69) is 16.0 Å². The van der Waals surface area contributed by atoms with E-state index in [0.717, 1.165) is 29.7 Å². The number of hydrogen-bond donors (Lipinski definition) is 1. The lowest BCUT2D eigenvalue weighted by Gasteiger charge is -2.20. The molecule has 0 bridgehead atoms. The van der Waals surface area contributed by atoms with E-state index in [4.69, 9.17) is 9.47 Å². The zero-order valence-electron chi connectivity index (χ0n) is 12.3. The number of rotatable bonds is 4. The lowest BCUT2D eigenvalue weighted by Crippen LogP contribution is -2.27. The van der Waals surface area contributed by atoms with Crippen LogP contribution in [0.5, 0.6) is 0 Å². The molecule has 1 N–H and O–H groups in total. The average Bonchev–Trinajstić information content (AvgIpc) is 2.96. The van der Waals surface area contributed by atoms with Gasteiger partial charge in [0.1, 0.15) is 18.0 Å². The van der Waals surface area contributed by atoms with Crippen LogP contribution in [0.15, 0.2) is 30.3 Å². The molecule has 2 atom stereocenters. The SMILES string of the molecule is COC1CN(c2nc(CO)cc3ccccc23)CC1OC. The predicted octanol–water partition coefficient (Wildman–Crippen LogP) is 1.58. The van der Waals surface area contributed by atoms with E-state index in [1.807, 2.05) is 24.3 Å². The lowest BCUT2D eigenvalue weighted by atomic mass is 10.1. The van der Waals surface area contributed by atoms with E-state index >= 15 is 0 Å². The van der Waals surface area contributed by atoms with Gasteiger partial charge in [0.05, 0.1) is 12.3 Å². The van der Waals surface area contributed by atoms with Gasteiger partial charge in [-0.05, 0) is 11.5 Å². The largest absolute Gasteiger partial charge is 0.390 e. The molecule has 2 heterocycles. The Morgan fingerprint density at radius 2 is 1.86 bits per heavy atom. The summed E-state index contributed by atoms with van der Waals surface area (Å²) in [5.41, 5.74) is 0.679. The maximum atomic E-state index is 9.43. The maximum absolute atomic E-state index is 9.43. The topological polar surface area (TPSA) is 54.8 Å². The minimum atomic E-state index is -0.0624. The van der Waals surface area contributed by atoms with Crippen molar-refractivity contribution in [2.45, 2.75) is 18.8 Å². The van der Waals surface area contributed by atoms with Gasteiger partial charge in [0, 0.05) is 32.7 Å². The Bertz CT molecular complexity index is 620. The van der Waals surface area contributed by atoms with E-state index < -0.39 is 0 Å². The third-order valence-corrected chi connectivity index (χ3v) is 4.06. The minimum Gasteiger partial charge on any atom is -0.390 e. The van der Waals surface area contributed by atoms with Crippen LogP contribution in [-0.4, -0.2) is 49.6 Å². The molecular weight excluding hydrogens is 268 g/mol. The van der Waals surface area contributed by atoms with Crippen molar-refractivity contribution in [1.29, 1.82) is 0 Å². The van der Waals surface area contributed by atoms with Gasteiger partial charge < -0.3 is 19.5 Å². The van der Waals surface area contributed by atoms with E-state index in [1.165, 1.54) is 0 Å². The summed E-state index contributed by atoms with van der Waals surface area (Å²) in [5.74, 6) is 0.888. The lowest BCUT2D eigenvalue weighted by molar-refractivity contribution is -0.00461. The number of aliphatic hydroxyl groups excluding tert-OH is 1. The molecule has 0 amide bonds. The second-order valence-electron chi connectivity index (χ2n) is 5.27. The van der Waals surface area contributed by atoms with Gasteiger partial charge in [0.15, 0.2) is 0 Å². The van der Waals surface area contributed by atoms with Crippen molar-refractivity contribution in [3.8, 4) is 0 Å². The fraction of sp³-hybridized carbons (Fsp3) is 0.438. The molecule has 1 aliphatic rings. The van der Waals surface area contributed by atoms with Gasteiger partial charge in [-0.15, -0.1) is 0 Å². The fourth-order valence-corrected chi connectivity index (χ4v) is 2.93. The molecule has 2 unspecified atom stereocenters. The summed E-state index contributed by atoms with van der Waals surface area (Å²) in [4.78, 5) is 6.77. The van der Waals surface area contributed by atoms with Gasteiger partial charge >= 0.3 is 0 Å². The van der Waals surface area contributed by atoms with E-state index in [9.17, 15) is 5.11 Å². The summed E-state index contributed by atoms with van der Waals surface area (Å²) in [6, 6.07) is 10.0. The molecular formula is C16H20N2O3. The molecule has 5 heteroatoms. The highest BCUT2D eigenvalue weighted by Crippen LogP contribution is 2.29. The van der Waals surface area contributed by atoms with Crippen LogP contribution in [0.4, 0.5) is 5.82 Å². The fourth-order valence-electron chi connectivity index (χ4n) is 2.93. The van der Waals surface area contributed by atoms with Crippen LogP contribution in [0.25, 0.3) is 10.8 Å². The second kappa shape index (κ2) is 5.97.